The zero-order chi connectivity index (χ0) is 16.8. The molecule has 23 heavy (non-hydrogen) atoms. The Morgan fingerprint density at radius 1 is 1.26 bits per heavy atom. The molecular weight excluding hydrogens is 294 g/mol. The lowest BCUT2D eigenvalue weighted by Gasteiger charge is -2.31. The van der Waals surface area contributed by atoms with E-state index in [9.17, 15) is 4.79 Å². The second kappa shape index (κ2) is 8.29. The predicted octanol–water partition coefficient (Wildman–Crippen LogP) is 1.19. The Bertz CT molecular complexity index is 528. The highest BCUT2D eigenvalue weighted by molar-refractivity contribution is 5.94. The van der Waals surface area contributed by atoms with Crippen LogP contribution in [0.1, 0.15) is 5.56 Å². The quantitative estimate of drug-likeness (QED) is 0.788. The van der Waals surface area contributed by atoms with Crippen LogP contribution in [0.2, 0.25) is 0 Å². The summed E-state index contributed by atoms with van der Waals surface area (Å²) >= 11 is 0. The van der Waals surface area contributed by atoms with Crippen molar-refractivity contribution in [3.05, 3.63) is 23.8 Å². The average Bonchev–Trinajstić information content (AvgIpc) is 2.54. The maximum absolute atomic E-state index is 12.2. The van der Waals surface area contributed by atoms with Gasteiger partial charge in [-0.3, -0.25) is 4.79 Å². The minimum atomic E-state index is 0.0671. The van der Waals surface area contributed by atoms with Crippen molar-refractivity contribution in [3.63, 3.8) is 0 Å². The fourth-order valence-electron chi connectivity index (χ4n) is 2.68. The molecule has 1 aliphatic rings. The second-order valence-electron chi connectivity index (χ2n) is 6.04. The molecule has 0 atom stereocenters. The van der Waals surface area contributed by atoms with Crippen LogP contribution in [0, 0.1) is 0 Å². The molecule has 0 spiro atoms. The molecule has 1 aromatic rings. The molecule has 0 saturated carbocycles. The summed E-state index contributed by atoms with van der Waals surface area (Å²) in [7, 11) is 7.29. The van der Waals surface area contributed by atoms with Crippen LogP contribution in [-0.4, -0.2) is 71.9 Å². The first-order chi connectivity index (χ1) is 11.0. The molecule has 1 aromatic carbocycles. The summed E-state index contributed by atoms with van der Waals surface area (Å²) in [6.07, 6.45) is 0. The van der Waals surface area contributed by atoms with E-state index in [4.69, 9.17) is 9.47 Å². The Morgan fingerprint density at radius 2 is 1.96 bits per heavy atom. The lowest BCUT2D eigenvalue weighted by atomic mass is 10.1. The van der Waals surface area contributed by atoms with Gasteiger partial charge in [-0.15, -0.1) is 0 Å². The normalized spacial score (nSPS) is 15.1. The maximum Gasteiger partial charge on any atom is 0.240 e. The Morgan fingerprint density at radius 3 is 2.57 bits per heavy atom. The molecule has 0 aromatic heterocycles. The summed E-state index contributed by atoms with van der Waals surface area (Å²) in [5, 5.41) is 0. The van der Waals surface area contributed by atoms with Crippen LogP contribution >= 0.6 is 0 Å². The van der Waals surface area contributed by atoms with Crippen LogP contribution in [0.25, 0.3) is 0 Å². The Labute approximate surface area is 138 Å². The lowest BCUT2D eigenvalue weighted by molar-refractivity contribution is -0.118. The standard InChI is InChI=1S/C17H27N3O3/c1-18(2)12-17(21)19(3)15-5-6-16(14(11-15)13-22-4)20-7-9-23-10-8-20/h5-6,11H,7-10,12-13H2,1-4H3. The topological polar surface area (TPSA) is 45.2 Å². The van der Waals surface area contributed by atoms with E-state index >= 15 is 0 Å². The molecule has 128 valence electrons. The number of morpholine rings is 1. The maximum atomic E-state index is 12.2. The van der Waals surface area contributed by atoms with Crippen LogP contribution in [-0.2, 0) is 20.9 Å². The number of benzene rings is 1. The van der Waals surface area contributed by atoms with Crippen molar-refractivity contribution in [2.45, 2.75) is 6.61 Å². The van der Waals surface area contributed by atoms with Crippen molar-refractivity contribution < 1.29 is 14.3 Å². The summed E-state index contributed by atoms with van der Waals surface area (Å²) in [4.78, 5) is 18.1. The number of carbonyl (C=O) groups excluding carboxylic acids is 1. The van der Waals surface area contributed by atoms with Gasteiger partial charge >= 0.3 is 0 Å². The first kappa shape index (κ1) is 17.7. The number of methoxy groups -OCH3 is 1. The van der Waals surface area contributed by atoms with Gasteiger partial charge in [0.25, 0.3) is 0 Å². The van der Waals surface area contributed by atoms with Gasteiger partial charge in [-0.2, -0.15) is 0 Å². The smallest absolute Gasteiger partial charge is 0.240 e. The number of ether oxygens (including phenoxy) is 2. The summed E-state index contributed by atoms with van der Waals surface area (Å²) in [5.41, 5.74) is 3.14. The molecule has 0 unspecified atom stereocenters. The minimum absolute atomic E-state index is 0.0671. The molecule has 1 heterocycles. The Hall–Kier alpha value is -1.63. The molecule has 1 amide bonds. The van der Waals surface area contributed by atoms with E-state index in [1.54, 1.807) is 12.0 Å². The third kappa shape index (κ3) is 4.67. The fourth-order valence-corrected chi connectivity index (χ4v) is 2.68. The van der Waals surface area contributed by atoms with Crippen LogP contribution in [0.15, 0.2) is 18.2 Å². The number of hydrogen-bond acceptors (Lipinski definition) is 5. The highest BCUT2D eigenvalue weighted by Crippen LogP contribution is 2.27. The van der Waals surface area contributed by atoms with E-state index in [0.717, 1.165) is 43.2 Å². The van der Waals surface area contributed by atoms with Crippen LogP contribution in [0.4, 0.5) is 11.4 Å². The Balaban J connectivity index is 2.22. The van der Waals surface area contributed by atoms with E-state index in [1.165, 1.54) is 0 Å². The zero-order valence-electron chi connectivity index (χ0n) is 14.5. The first-order valence-corrected chi connectivity index (χ1v) is 7.88. The van der Waals surface area contributed by atoms with E-state index in [1.807, 2.05) is 38.2 Å². The van der Waals surface area contributed by atoms with Crippen LogP contribution in [0.5, 0.6) is 0 Å². The van der Waals surface area contributed by atoms with Gasteiger partial charge < -0.3 is 24.2 Å². The Kier molecular flexibility index (Phi) is 6.38. The van der Waals surface area contributed by atoms with Gasteiger partial charge in [0.15, 0.2) is 0 Å². The number of rotatable bonds is 6. The van der Waals surface area contributed by atoms with Crippen molar-refractivity contribution in [1.82, 2.24) is 4.90 Å². The van der Waals surface area contributed by atoms with Gasteiger partial charge in [0.2, 0.25) is 5.91 Å². The molecule has 0 radical (unpaired) electrons. The first-order valence-electron chi connectivity index (χ1n) is 7.88. The monoisotopic (exact) mass is 321 g/mol. The van der Waals surface area contributed by atoms with E-state index in [0.29, 0.717) is 13.2 Å². The van der Waals surface area contributed by atoms with E-state index in [2.05, 4.69) is 11.0 Å². The largest absolute Gasteiger partial charge is 0.380 e. The van der Waals surface area contributed by atoms with Gasteiger partial charge in [-0.25, -0.2) is 0 Å². The van der Waals surface area contributed by atoms with Gasteiger partial charge in [0.1, 0.15) is 0 Å². The molecule has 2 rings (SSSR count). The summed E-state index contributed by atoms with van der Waals surface area (Å²) in [6, 6.07) is 6.12. The number of nitrogens with zero attached hydrogens (tertiary/aromatic N) is 3. The van der Waals surface area contributed by atoms with Gasteiger partial charge in [-0.05, 0) is 32.3 Å². The molecule has 0 N–H and O–H groups in total. The number of amides is 1. The molecule has 0 aliphatic carbocycles. The molecule has 1 fully saturated rings. The zero-order valence-corrected chi connectivity index (χ0v) is 14.5. The SMILES string of the molecule is COCc1cc(N(C)C(=O)CN(C)C)ccc1N1CCOCC1. The molecule has 6 heteroatoms. The molecular formula is C17H27N3O3. The molecule has 1 saturated heterocycles. The third-order valence-electron chi connectivity index (χ3n) is 3.93. The summed E-state index contributed by atoms with van der Waals surface area (Å²) in [5.74, 6) is 0.0671. The summed E-state index contributed by atoms with van der Waals surface area (Å²) < 4.78 is 10.8. The predicted molar refractivity (Wildman–Crippen MR) is 92.2 cm³/mol. The second-order valence-corrected chi connectivity index (χ2v) is 6.04. The van der Waals surface area contributed by atoms with Gasteiger partial charge in [-0.1, -0.05) is 0 Å². The molecule has 0 bridgehead atoms. The van der Waals surface area contributed by atoms with Gasteiger partial charge in [0.05, 0.1) is 26.4 Å². The summed E-state index contributed by atoms with van der Waals surface area (Å²) in [6.45, 7) is 4.17. The van der Waals surface area contributed by atoms with Crippen LogP contribution < -0.4 is 9.80 Å². The number of carbonyl (C=O) groups is 1. The van der Waals surface area contributed by atoms with E-state index < -0.39 is 0 Å². The number of likely N-dealkylation sites (N-methyl/N-ethyl adjacent to an activating group) is 2. The van der Waals surface area contributed by atoms with Crippen LogP contribution in [0.3, 0.4) is 0 Å². The molecule has 1 aliphatic heterocycles. The minimum Gasteiger partial charge on any atom is -0.380 e. The van der Waals surface area contributed by atoms with Crippen molar-refractivity contribution in [1.29, 1.82) is 0 Å². The lowest BCUT2D eigenvalue weighted by Crippen LogP contribution is -2.37. The van der Waals surface area contributed by atoms with E-state index in [-0.39, 0.29) is 5.91 Å². The third-order valence-corrected chi connectivity index (χ3v) is 3.93. The molecule has 6 nitrogen and oxygen atoms in total. The van der Waals surface area contributed by atoms with Crippen molar-refractivity contribution in [3.8, 4) is 0 Å². The van der Waals surface area contributed by atoms with Crippen molar-refractivity contribution >= 4 is 17.3 Å². The van der Waals surface area contributed by atoms with Crippen molar-refractivity contribution in [2.24, 2.45) is 0 Å². The van der Waals surface area contributed by atoms with Gasteiger partial charge in [0, 0.05) is 44.2 Å². The highest BCUT2D eigenvalue weighted by Gasteiger charge is 2.18. The number of hydrogen-bond donors (Lipinski definition) is 0. The average molecular weight is 321 g/mol. The van der Waals surface area contributed by atoms with Crippen molar-refractivity contribution in [2.75, 3.05) is 70.9 Å². The highest BCUT2D eigenvalue weighted by atomic mass is 16.5. The fraction of sp³-hybridized carbons (Fsp3) is 0.588. The number of anilines is 2.